The summed E-state index contributed by atoms with van der Waals surface area (Å²) < 4.78 is 31.0. The fourth-order valence-electron chi connectivity index (χ4n) is 3.20. The van der Waals surface area contributed by atoms with E-state index in [4.69, 9.17) is 4.55 Å². The van der Waals surface area contributed by atoms with Gasteiger partial charge >= 0.3 is 0 Å². The first-order chi connectivity index (χ1) is 7.49. The van der Waals surface area contributed by atoms with E-state index < -0.39 is 10.1 Å². The Morgan fingerprint density at radius 2 is 1.62 bits per heavy atom. The molecule has 3 aliphatic rings. The van der Waals surface area contributed by atoms with Gasteiger partial charge in [-0.25, -0.2) is 0 Å². The van der Waals surface area contributed by atoms with Crippen LogP contribution in [0.25, 0.3) is 0 Å². The predicted octanol–water partition coefficient (Wildman–Crippen LogP) is 1.28. The molecule has 3 saturated heterocycles. The molecule has 0 spiro atoms. The molecule has 5 heteroatoms. The smallest absolute Gasteiger partial charge is 0.264 e. The number of fused-ring (bicyclic) bond motifs is 3. The number of nitrogens with zero attached hydrogens (tertiary/aromatic N) is 1. The van der Waals surface area contributed by atoms with Crippen molar-refractivity contribution in [1.82, 2.24) is 0 Å². The Morgan fingerprint density at radius 3 is 2.12 bits per heavy atom. The van der Waals surface area contributed by atoms with E-state index in [9.17, 15) is 8.42 Å². The van der Waals surface area contributed by atoms with Crippen LogP contribution in [0.5, 0.6) is 0 Å². The molecule has 3 fully saturated rings. The quantitative estimate of drug-likeness (QED) is 0.453. The largest absolute Gasteiger partial charge is 0.324 e. The van der Waals surface area contributed by atoms with Crippen molar-refractivity contribution in [2.75, 3.05) is 31.9 Å². The van der Waals surface area contributed by atoms with Crippen molar-refractivity contribution in [3.05, 3.63) is 0 Å². The molecule has 0 radical (unpaired) electrons. The number of quaternary nitrogens is 1. The Bertz CT molecular complexity index is 317. The number of piperidine rings is 3. The zero-order valence-electron chi connectivity index (χ0n) is 9.77. The third-order valence-electron chi connectivity index (χ3n) is 4.32. The van der Waals surface area contributed by atoms with E-state index in [2.05, 4.69) is 0 Å². The van der Waals surface area contributed by atoms with Gasteiger partial charge in [0.15, 0.2) is 0 Å². The minimum Gasteiger partial charge on any atom is -0.324 e. The number of hydrogen-bond acceptors (Lipinski definition) is 2. The summed E-state index contributed by atoms with van der Waals surface area (Å²) in [6, 6.07) is 0. The van der Waals surface area contributed by atoms with Gasteiger partial charge in [0.25, 0.3) is 10.1 Å². The monoisotopic (exact) mass is 248 g/mol. The van der Waals surface area contributed by atoms with Gasteiger partial charge in [0.05, 0.1) is 31.9 Å². The number of hydrogen-bond donors (Lipinski definition) is 1. The minimum atomic E-state index is -3.75. The maximum Gasteiger partial charge on any atom is 0.264 e. The van der Waals surface area contributed by atoms with Gasteiger partial charge < -0.3 is 4.48 Å². The molecule has 0 atom stereocenters. The normalized spacial score (nSPS) is 34.2. The molecule has 0 aliphatic carbocycles. The minimum absolute atomic E-state index is 0.0738. The third-order valence-corrected chi connectivity index (χ3v) is 5.12. The molecule has 2 bridgehead atoms. The summed E-state index contributed by atoms with van der Waals surface area (Å²) in [5.41, 5.74) is 0. The summed E-state index contributed by atoms with van der Waals surface area (Å²) in [6.45, 7) is 4.96. The van der Waals surface area contributed by atoms with E-state index in [0.29, 0.717) is 6.42 Å². The highest BCUT2D eigenvalue weighted by Gasteiger charge is 2.38. The highest BCUT2D eigenvalue weighted by Crippen LogP contribution is 2.33. The van der Waals surface area contributed by atoms with Gasteiger partial charge in [0.1, 0.15) is 0 Å². The van der Waals surface area contributed by atoms with Gasteiger partial charge in [-0.2, -0.15) is 8.42 Å². The molecule has 1 N–H and O–H groups in total. The van der Waals surface area contributed by atoms with Gasteiger partial charge in [-0.05, 0) is 38.0 Å². The van der Waals surface area contributed by atoms with Gasteiger partial charge in [-0.15, -0.1) is 0 Å². The summed E-state index contributed by atoms with van der Waals surface area (Å²) >= 11 is 0. The Labute approximate surface area is 98.0 Å². The molecule has 3 rings (SSSR count). The lowest BCUT2D eigenvalue weighted by Crippen LogP contribution is -2.58. The SMILES string of the molecule is O=S(=O)(O)CCCC[N+]12CCC(CC1)CC2. The molecule has 0 unspecified atom stereocenters. The molecule has 0 saturated carbocycles. The van der Waals surface area contributed by atoms with Crippen LogP contribution in [0.15, 0.2) is 0 Å². The zero-order valence-corrected chi connectivity index (χ0v) is 10.6. The van der Waals surface area contributed by atoms with Crippen LogP contribution in [0.3, 0.4) is 0 Å². The molecule has 0 aromatic carbocycles. The maximum atomic E-state index is 10.6. The van der Waals surface area contributed by atoms with Crippen molar-refractivity contribution in [2.45, 2.75) is 32.1 Å². The standard InChI is InChI=1S/C11H21NO3S/c13-16(14,15)10-2-1-6-12-7-3-11(4-8-12)5-9-12/h11H,1-10H2/p+1. The van der Waals surface area contributed by atoms with E-state index in [0.717, 1.165) is 18.9 Å². The maximum absolute atomic E-state index is 10.6. The van der Waals surface area contributed by atoms with Crippen molar-refractivity contribution in [3.8, 4) is 0 Å². The van der Waals surface area contributed by atoms with E-state index >= 15 is 0 Å². The van der Waals surface area contributed by atoms with Crippen LogP contribution in [-0.4, -0.2) is 49.4 Å². The van der Waals surface area contributed by atoms with Crippen LogP contribution in [0.1, 0.15) is 32.1 Å². The Morgan fingerprint density at radius 1 is 1.06 bits per heavy atom. The predicted molar refractivity (Wildman–Crippen MR) is 62.7 cm³/mol. The van der Waals surface area contributed by atoms with Crippen LogP contribution in [0.4, 0.5) is 0 Å². The first-order valence-corrected chi connectivity index (χ1v) is 7.90. The van der Waals surface area contributed by atoms with Crippen molar-refractivity contribution < 1.29 is 17.5 Å². The van der Waals surface area contributed by atoms with E-state index in [1.54, 1.807) is 0 Å². The third kappa shape index (κ3) is 3.18. The fraction of sp³-hybridized carbons (Fsp3) is 1.00. The van der Waals surface area contributed by atoms with Gasteiger partial charge in [0, 0.05) is 0 Å². The second-order valence-corrected chi connectivity index (χ2v) is 7.03. The van der Waals surface area contributed by atoms with Crippen molar-refractivity contribution in [1.29, 1.82) is 0 Å². The van der Waals surface area contributed by atoms with Crippen LogP contribution in [-0.2, 0) is 10.1 Å². The highest BCUT2D eigenvalue weighted by atomic mass is 32.2. The molecular weight excluding hydrogens is 226 g/mol. The van der Waals surface area contributed by atoms with Gasteiger partial charge in [-0.1, -0.05) is 0 Å². The zero-order chi connectivity index (χ0) is 11.6. The summed E-state index contributed by atoms with van der Waals surface area (Å²) in [6.07, 6.45) is 5.60. The second-order valence-electron chi connectivity index (χ2n) is 5.46. The second kappa shape index (κ2) is 4.63. The van der Waals surface area contributed by atoms with Crippen LogP contribution >= 0.6 is 0 Å². The molecule has 0 amide bonds. The van der Waals surface area contributed by atoms with Crippen LogP contribution in [0, 0.1) is 5.92 Å². The fourth-order valence-corrected chi connectivity index (χ4v) is 3.77. The Balaban J connectivity index is 1.73. The summed E-state index contributed by atoms with van der Waals surface area (Å²) in [7, 11) is -3.75. The average Bonchev–Trinajstić information content (AvgIpc) is 2.26. The molecule has 0 aromatic heterocycles. The molecule has 16 heavy (non-hydrogen) atoms. The molecule has 4 nitrogen and oxygen atoms in total. The number of unbranched alkanes of at least 4 members (excludes halogenated alkanes) is 1. The van der Waals surface area contributed by atoms with E-state index in [-0.39, 0.29) is 5.75 Å². The topological polar surface area (TPSA) is 54.4 Å². The van der Waals surface area contributed by atoms with Crippen molar-refractivity contribution >= 4 is 10.1 Å². The summed E-state index contributed by atoms with van der Waals surface area (Å²) in [5.74, 6) is 0.896. The van der Waals surface area contributed by atoms with E-state index in [1.165, 1.54) is 43.4 Å². The van der Waals surface area contributed by atoms with Crippen LogP contribution in [0.2, 0.25) is 0 Å². The first kappa shape index (κ1) is 12.3. The highest BCUT2D eigenvalue weighted by molar-refractivity contribution is 7.85. The van der Waals surface area contributed by atoms with Crippen molar-refractivity contribution in [3.63, 3.8) is 0 Å². The first-order valence-electron chi connectivity index (χ1n) is 6.29. The average molecular weight is 248 g/mol. The van der Waals surface area contributed by atoms with E-state index in [1.807, 2.05) is 0 Å². The molecule has 94 valence electrons. The Kier molecular flexibility index (Phi) is 3.56. The lowest BCUT2D eigenvalue weighted by molar-refractivity contribution is -0.942. The van der Waals surface area contributed by atoms with Gasteiger partial charge in [0.2, 0.25) is 0 Å². The molecule has 3 aliphatic heterocycles. The summed E-state index contributed by atoms with van der Waals surface area (Å²) in [4.78, 5) is 0. The number of rotatable bonds is 5. The van der Waals surface area contributed by atoms with Crippen molar-refractivity contribution in [2.24, 2.45) is 5.92 Å². The molecule has 0 aromatic rings. The Hall–Kier alpha value is -0.130. The summed E-state index contributed by atoms with van der Waals surface area (Å²) in [5, 5.41) is 0. The lowest BCUT2D eigenvalue weighted by Gasteiger charge is -2.49. The van der Waals surface area contributed by atoms with Crippen LogP contribution < -0.4 is 0 Å². The molecular formula is C11H22NO3S+. The van der Waals surface area contributed by atoms with Gasteiger partial charge in [-0.3, -0.25) is 4.55 Å². The molecule has 3 heterocycles. The lowest BCUT2D eigenvalue weighted by atomic mass is 9.85.